The second-order valence-corrected chi connectivity index (χ2v) is 6.96. The predicted octanol–water partition coefficient (Wildman–Crippen LogP) is 3.53. The highest BCUT2D eigenvalue weighted by Gasteiger charge is 2.29. The number of hydrogen-bond donors (Lipinski definition) is 1. The molecule has 1 unspecified atom stereocenters. The number of hydrogen-bond acceptors (Lipinski definition) is 3. The molecule has 0 aromatic heterocycles. The van der Waals surface area contributed by atoms with Gasteiger partial charge in [-0.15, -0.1) is 0 Å². The maximum absolute atomic E-state index is 13.7. The second kappa shape index (κ2) is 9.01. The van der Waals surface area contributed by atoms with Crippen LogP contribution in [-0.4, -0.2) is 43.6 Å². The Bertz CT molecular complexity index is 655. The number of amides is 2. The third-order valence-electron chi connectivity index (χ3n) is 5.53. The number of carbonyl (C=O) groups excluding carboxylic acids is 2. The van der Waals surface area contributed by atoms with Crippen molar-refractivity contribution < 1.29 is 18.7 Å². The normalized spacial score (nSPS) is 16.3. The Morgan fingerprint density at radius 3 is 2.50 bits per heavy atom. The Morgan fingerprint density at radius 2 is 1.92 bits per heavy atom. The van der Waals surface area contributed by atoms with Gasteiger partial charge in [-0.1, -0.05) is 13.0 Å². The Balaban J connectivity index is 1.95. The van der Waals surface area contributed by atoms with E-state index in [-0.39, 0.29) is 24.2 Å². The Morgan fingerprint density at radius 1 is 1.27 bits per heavy atom. The van der Waals surface area contributed by atoms with Gasteiger partial charge in [0.25, 0.3) is 0 Å². The van der Waals surface area contributed by atoms with Gasteiger partial charge in [0.2, 0.25) is 5.91 Å². The van der Waals surface area contributed by atoms with Crippen molar-refractivity contribution >= 4 is 12.0 Å². The molecule has 0 aliphatic carbocycles. The number of nitrogens with one attached hydrogen (secondary N) is 1. The van der Waals surface area contributed by atoms with Gasteiger partial charge in [0.05, 0.1) is 13.0 Å². The fourth-order valence-electron chi connectivity index (χ4n) is 3.60. The molecule has 0 saturated carbocycles. The molecule has 0 spiro atoms. The highest BCUT2D eigenvalue weighted by molar-refractivity contribution is 5.80. The van der Waals surface area contributed by atoms with Crippen LogP contribution in [0.5, 0.6) is 0 Å². The highest BCUT2D eigenvalue weighted by Crippen LogP contribution is 2.32. The molecule has 1 aromatic carbocycles. The van der Waals surface area contributed by atoms with Crippen molar-refractivity contribution in [3.8, 4) is 0 Å². The molecular weight excluding hydrogens is 335 g/mol. The van der Waals surface area contributed by atoms with E-state index < -0.39 is 6.09 Å². The third kappa shape index (κ3) is 4.54. The van der Waals surface area contributed by atoms with Crippen LogP contribution >= 0.6 is 0 Å². The van der Waals surface area contributed by atoms with Crippen LogP contribution in [0.4, 0.5) is 9.18 Å². The summed E-state index contributed by atoms with van der Waals surface area (Å²) in [5.41, 5.74) is 2.92. The van der Waals surface area contributed by atoms with Crippen LogP contribution in [0.15, 0.2) is 12.1 Å². The van der Waals surface area contributed by atoms with Gasteiger partial charge in [-0.2, -0.15) is 0 Å². The van der Waals surface area contributed by atoms with Crippen molar-refractivity contribution in [3.05, 3.63) is 34.6 Å². The molecule has 1 heterocycles. The molecule has 1 saturated heterocycles. The Hall–Kier alpha value is -2.11. The summed E-state index contributed by atoms with van der Waals surface area (Å²) in [5.74, 6) is 0.0317. The average molecular weight is 364 g/mol. The number of nitrogens with zero attached hydrogens (tertiary/aromatic N) is 1. The summed E-state index contributed by atoms with van der Waals surface area (Å²) in [6, 6.07) is 3.43. The number of rotatable bonds is 5. The number of carbonyl (C=O) groups is 2. The number of methoxy groups -OCH3 is 1. The summed E-state index contributed by atoms with van der Waals surface area (Å²) in [6.45, 7) is 7.39. The highest BCUT2D eigenvalue weighted by atomic mass is 19.1. The van der Waals surface area contributed by atoms with Crippen molar-refractivity contribution in [1.82, 2.24) is 10.2 Å². The first-order valence-corrected chi connectivity index (χ1v) is 9.25. The molecule has 2 amide bonds. The molecule has 1 atom stereocenters. The first-order chi connectivity index (χ1) is 12.4. The van der Waals surface area contributed by atoms with E-state index in [0.717, 1.165) is 18.4 Å². The van der Waals surface area contributed by atoms with Crippen molar-refractivity contribution in [1.29, 1.82) is 0 Å². The molecule has 0 bridgehead atoms. The number of halogens is 1. The summed E-state index contributed by atoms with van der Waals surface area (Å²) in [7, 11) is 1.31. The van der Waals surface area contributed by atoms with Gasteiger partial charge in [0, 0.05) is 19.6 Å². The van der Waals surface area contributed by atoms with Gasteiger partial charge in [0.1, 0.15) is 5.82 Å². The molecule has 1 aromatic rings. The van der Waals surface area contributed by atoms with Crippen molar-refractivity contribution in [2.45, 2.75) is 46.0 Å². The SMILES string of the molecule is CCC(CNC(=O)OC)C(=O)N1CCC(c2ccc(F)c(C)c2C)CC1. The topological polar surface area (TPSA) is 58.6 Å². The van der Waals surface area contributed by atoms with Gasteiger partial charge in [-0.05, 0) is 61.8 Å². The summed E-state index contributed by atoms with van der Waals surface area (Å²) >= 11 is 0. The standard InChI is InChI=1S/C20H29FN2O3/c1-5-15(12-22-20(25)26-4)19(24)23-10-8-16(9-11-23)17-6-7-18(21)14(3)13(17)2/h6-7,15-16H,5,8-12H2,1-4H3,(H,22,25). The molecule has 6 heteroatoms. The third-order valence-corrected chi connectivity index (χ3v) is 5.53. The number of piperidine rings is 1. The lowest BCUT2D eigenvalue weighted by Gasteiger charge is -2.35. The van der Waals surface area contributed by atoms with Crippen molar-refractivity contribution in [2.75, 3.05) is 26.7 Å². The maximum atomic E-state index is 13.7. The van der Waals surface area contributed by atoms with Gasteiger partial charge in [-0.3, -0.25) is 4.79 Å². The minimum Gasteiger partial charge on any atom is -0.453 e. The molecule has 0 radical (unpaired) electrons. The van der Waals surface area contributed by atoms with Gasteiger partial charge in [-0.25, -0.2) is 9.18 Å². The monoisotopic (exact) mass is 364 g/mol. The average Bonchev–Trinajstić information content (AvgIpc) is 2.66. The van der Waals surface area contributed by atoms with Crippen LogP contribution in [0.3, 0.4) is 0 Å². The number of ether oxygens (including phenoxy) is 1. The lowest BCUT2D eigenvalue weighted by atomic mass is 9.85. The molecule has 1 N–H and O–H groups in total. The summed E-state index contributed by atoms with van der Waals surface area (Å²) in [4.78, 5) is 25.8. The van der Waals surface area contributed by atoms with Crippen molar-refractivity contribution in [3.63, 3.8) is 0 Å². The molecule has 1 aliphatic heterocycles. The quantitative estimate of drug-likeness (QED) is 0.869. The fourth-order valence-corrected chi connectivity index (χ4v) is 3.60. The van der Waals surface area contributed by atoms with E-state index in [1.165, 1.54) is 12.7 Å². The predicted molar refractivity (Wildman–Crippen MR) is 98.6 cm³/mol. The zero-order chi connectivity index (χ0) is 19.3. The van der Waals surface area contributed by atoms with Gasteiger partial charge in [0.15, 0.2) is 0 Å². The van der Waals surface area contributed by atoms with Crippen molar-refractivity contribution in [2.24, 2.45) is 5.92 Å². The van der Waals surface area contributed by atoms with E-state index in [4.69, 9.17) is 0 Å². The molecule has 5 nitrogen and oxygen atoms in total. The number of likely N-dealkylation sites (tertiary alicyclic amines) is 1. The van der Waals surface area contributed by atoms with E-state index in [0.29, 0.717) is 31.0 Å². The number of alkyl carbamates (subject to hydrolysis) is 1. The fraction of sp³-hybridized carbons (Fsp3) is 0.600. The van der Waals surface area contributed by atoms with E-state index in [2.05, 4.69) is 10.1 Å². The molecule has 2 rings (SSSR count). The Labute approximate surface area is 154 Å². The molecule has 1 fully saturated rings. The minimum atomic E-state index is -0.517. The first kappa shape index (κ1) is 20.2. The summed E-state index contributed by atoms with van der Waals surface area (Å²) < 4.78 is 18.2. The van der Waals surface area contributed by atoms with Crippen LogP contribution in [0, 0.1) is 25.6 Å². The molecular formula is C20H29FN2O3. The second-order valence-electron chi connectivity index (χ2n) is 6.96. The minimum absolute atomic E-state index is 0.0781. The van der Waals surface area contributed by atoms with Crippen LogP contribution in [0.2, 0.25) is 0 Å². The maximum Gasteiger partial charge on any atom is 0.406 e. The lowest BCUT2D eigenvalue weighted by Crippen LogP contribution is -2.44. The van der Waals surface area contributed by atoms with E-state index in [1.807, 2.05) is 31.7 Å². The largest absolute Gasteiger partial charge is 0.453 e. The van der Waals surface area contributed by atoms with E-state index >= 15 is 0 Å². The molecule has 144 valence electrons. The smallest absolute Gasteiger partial charge is 0.406 e. The van der Waals surface area contributed by atoms with Crippen LogP contribution in [0.1, 0.15) is 48.8 Å². The van der Waals surface area contributed by atoms with Gasteiger partial charge >= 0.3 is 6.09 Å². The first-order valence-electron chi connectivity index (χ1n) is 9.25. The zero-order valence-electron chi connectivity index (χ0n) is 16.1. The van der Waals surface area contributed by atoms with E-state index in [9.17, 15) is 14.0 Å². The zero-order valence-corrected chi connectivity index (χ0v) is 16.1. The van der Waals surface area contributed by atoms with Crippen LogP contribution in [-0.2, 0) is 9.53 Å². The summed E-state index contributed by atoms with van der Waals surface area (Å²) in [6.07, 6.45) is 1.90. The number of benzene rings is 1. The van der Waals surface area contributed by atoms with E-state index in [1.54, 1.807) is 6.07 Å². The summed E-state index contributed by atoms with van der Waals surface area (Å²) in [5, 5.41) is 2.61. The molecule has 1 aliphatic rings. The van der Waals surface area contributed by atoms with Gasteiger partial charge < -0.3 is 15.0 Å². The Kier molecular flexibility index (Phi) is 7.00. The van der Waals surface area contributed by atoms with Crippen LogP contribution < -0.4 is 5.32 Å². The molecule has 26 heavy (non-hydrogen) atoms. The van der Waals surface area contributed by atoms with Crippen LogP contribution in [0.25, 0.3) is 0 Å². The lowest BCUT2D eigenvalue weighted by molar-refractivity contribution is -0.136.